The molecule has 40 heavy (non-hydrogen) atoms. The lowest BCUT2D eigenvalue weighted by Gasteiger charge is -2.42. The van der Waals surface area contributed by atoms with Gasteiger partial charge in [-0.25, -0.2) is 10.2 Å². The minimum absolute atomic E-state index is 0.150. The second-order valence-electron chi connectivity index (χ2n) is 10.6. The van der Waals surface area contributed by atoms with Gasteiger partial charge in [0.15, 0.2) is 5.60 Å². The SMILES string of the molecule is CNC(=O)C(=O)N[C@@H](C)CC1CCC2(CC1)OC(=O)NN=C2c1ccc(-c2ccccc2)cc1-c1ccccc1. The summed E-state index contributed by atoms with van der Waals surface area (Å²) in [5.41, 5.74) is 7.65. The molecule has 3 N–H and O–H groups in total. The van der Waals surface area contributed by atoms with E-state index in [9.17, 15) is 14.4 Å². The van der Waals surface area contributed by atoms with Gasteiger partial charge in [-0.05, 0) is 73.3 Å². The highest BCUT2D eigenvalue weighted by Gasteiger charge is 2.47. The first-order chi connectivity index (χ1) is 19.4. The van der Waals surface area contributed by atoms with Crippen molar-refractivity contribution < 1.29 is 19.1 Å². The van der Waals surface area contributed by atoms with Gasteiger partial charge in [-0.2, -0.15) is 5.10 Å². The van der Waals surface area contributed by atoms with Crippen LogP contribution in [0.2, 0.25) is 0 Å². The summed E-state index contributed by atoms with van der Waals surface area (Å²) in [6, 6.07) is 26.6. The Morgan fingerprint density at radius 3 is 2.23 bits per heavy atom. The number of hydrazone groups is 1. The maximum absolute atomic E-state index is 12.5. The molecule has 1 fully saturated rings. The van der Waals surface area contributed by atoms with Crippen LogP contribution >= 0.6 is 0 Å². The number of nitrogens with zero attached hydrogens (tertiary/aromatic N) is 1. The normalized spacial score (nSPS) is 21.0. The smallest absolute Gasteiger partial charge is 0.428 e. The van der Waals surface area contributed by atoms with Crippen molar-refractivity contribution in [3.05, 3.63) is 84.4 Å². The summed E-state index contributed by atoms with van der Waals surface area (Å²) in [7, 11) is 1.44. The largest absolute Gasteiger partial charge is 0.435 e. The Labute approximate surface area is 234 Å². The Morgan fingerprint density at radius 2 is 1.57 bits per heavy atom. The molecule has 0 aromatic heterocycles. The zero-order valence-electron chi connectivity index (χ0n) is 22.8. The van der Waals surface area contributed by atoms with E-state index in [2.05, 4.69) is 63.6 Å². The third-order valence-corrected chi connectivity index (χ3v) is 7.86. The predicted octanol–water partition coefficient (Wildman–Crippen LogP) is 5.03. The van der Waals surface area contributed by atoms with Crippen molar-refractivity contribution in [3.63, 3.8) is 0 Å². The van der Waals surface area contributed by atoms with Gasteiger partial charge in [-0.1, -0.05) is 72.8 Å². The van der Waals surface area contributed by atoms with E-state index in [-0.39, 0.29) is 6.04 Å². The number of carbonyl (C=O) groups excluding carboxylic acids is 3. The van der Waals surface area contributed by atoms with Gasteiger partial charge < -0.3 is 15.4 Å². The molecule has 0 bridgehead atoms. The molecule has 0 unspecified atom stereocenters. The number of nitrogens with one attached hydrogen (secondary N) is 3. The Kier molecular flexibility index (Phi) is 7.96. The van der Waals surface area contributed by atoms with E-state index in [4.69, 9.17) is 4.74 Å². The maximum Gasteiger partial charge on any atom is 0.428 e. The highest BCUT2D eigenvalue weighted by molar-refractivity contribution is 6.35. The monoisotopic (exact) mass is 538 g/mol. The molecule has 1 heterocycles. The van der Waals surface area contributed by atoms with E-state index >= 15 is 0 Å². The fraction of sp³-hybridized carbons (Fsp3) is 0.312. The molecule has 3 aromatic rings. The van der Waals surface area contributed by atoms with Crippen LogP contribution in [0.5, 0.6) is 0 Å². The van der Waals surface area contributed by atoms with Gasteiger partial charge >= 0.3 is 17.9 Å². The molecule has 8 nitrogen and oxygen atoms in total. The van der Waals surface area contributed by atoms with Crippen molar-refractivity contribution in [1.29, 1.82) is 0 Å². The summed E-state index contributed by atoms with van der Waals surface area (Å²) in [4.78, 5) is 36.0. The second kappa shape index (κ2) is 11.7. The lowest BCUT2D eigenvalue weighted by atomic mass is 9.72. The minimum Gasteiger partial charge on any atom is -0.435 e. The third-order valence-electron chi connectivity index (χ3n) is 7.86. The van der Waals surface area contributed by atoms with Gasteiger partial charge in [0, 0.05) is 18.7 Å². The van der Waals surface area contributed by atoms with E-state index < -0.39 is 23.5 Å². The zero-order valence-corrected chi connectivity index (χ0v) is 22.8. The Balaban J connectivity index is 1.42. The quantitative estimate of drug-likeness (QED) is 0.382. The van der Waals surface area contributed by atoms with E-state index in [0.29, 0.717) is 18.8 Å². The Hall–Kier alpha value is -4.46. The summed E-state index contributed by atoms with van der Waals surface area (Å²) < 4.78 is 6.05. The summed E-state index contributed by atoms with van der Waals surface area (Å²) in [6.45, 7) is 1.91. The molecule has 1 aliphatic heterocycles. The van der Waals surface area contributed by atoms with Gasteiger partial charge in [0.25, 0.3) is 0 Å². The Morgan fingerprint density at radius 1 is 0.925 bits per heavy atom. The third kappa shape index (κ3) is 5.76. The van der Waals surface area contributed by atoms with Crippen molar-refractivity contribution in [2.45, 2.75) is 50.7 Å². The molecule has 1 spiro atoms. The number of carbonyl (C=O) groups is 3. The van der Waals surface area contributed by atoms with Crippen LogP contribution in [-0.2, 0) is 14.3 Å². The molecule has 1 atom stereocenters. The van der Waals surface area contributed by atoms with E-state index in [0.717, 1.165) is 52.8 Å². The Bertz CT molecular complexity index is 1410. The molecular weight excluding hydrogens is 504 g/mol. The van der Waals surface area contributed by atoms with Crippen LogP contribution in [0.1, 0.15) is 44.6 Å². The summed E-state index contributed by atoms with van der Waals surface area (Å²) >= 11 is 0. The molecule has 8 heteroatoms. The van der Waals surface area contributed by atoms with Crippen LogP contribution in [0.25, 0.3) is 22.3 Å². The van der Waals surface area contributed by atoms with Crippen LogP contribution in [0, 0.1) is 5.92 Å². The molecular formula is C32H34N4O4. The van der Waals surface area contributed by atoms with Crippen LogP contribution in [0.3, 0.4) is 0 Å². The lowest BCUT2D eigenvalue weighted by molar-refractivity contribution is -0.139. The second-order valence-corrected chi connectivity index (χ2v) is 10.6. The molecule has 0 radical (unpaired) electrons. The molecule has 0 saturated heterocycles. The zero-order chi connectivity index (χ0) is 28.1. The lowest BCUT2D eigenvalue weighted by Crippen LogP contribution is -2.52. The molecule has 3 aromatic carbocycles. The molecule has 3 amide bonds. The molecule has 2 aliphatic rings. The standard InChI is InChI=1S/C32H34N4O4/c1-21(34-30(38)29(37)33-2)19-22-15-17-32(18-16-22)28(35-36-31(39)40-32)26-14-13-25(23-9-5-3-6-10-23)20-27(26)24-11-7-4-8-12-24/h3-14,20-22H,15-19H2,1-2H3,(H,33,37)(H,34,38)(H,36,39)/t21-,22?,32?/m0/s1. The first-order valence-corrected chi connectivity index (χ1v) is 13.7. The maximum atomic E-state index is 12.5. The average molecular weight is 539 g/mol. The van der Waals surface area contributed by atoms with E-state index in [1.807, 2.05) is 43.3 Å². The summed E-state index contributed by atoms with van der Waals surface area (Å²) in [6.07, 6.45) is 3.03. The van der Waals surface area contributed by atoms with Crippen LogP contribution in [0.4, 0.5) is 4.79 Å². The summed E-state index contributed by atoms with van der Waals surface area (Å²) in [5, 5.41) is 9.70. The van der Waals surface area contributed by atoms with Crippen LogP contribution < -0.4 is 16.1 Å². The number of benzene rings is 3. The number of hydrogen-bond acceptors (Lipinski definition) is 5. The number of amides is 3. The fourth-order valence-electron chi connectivity index (χ4n) is 5.86. The van der Waals surface area contributed by atoms with Gasteiger partial charge in [-0.15, -0.1) is 0 Å². The van der Waals surface area contributed by atoms with Gasteiger partial charge in [0.2, 0.25) is 0 Å². The molecule has 1 aliphatic carbocycles. The molecule has 1 saturated carbocycles. The van der Waals surface area contributed by atoms with Crippen molar-refractivity contribution in [1.82, 2.24) is 16.1 Å². The number of hydrogen-bond donors (Lipinski definition) is 3. The number of rotatable bonds is 6. The first-order valence-electron chi connectivity index (χ1n) is 13.7. The molecule has 206 valence electrons. The number of likely N-dealkylation sites (N-methyl/N-ethyl adjacent to an activating group) is 1. The minimum atomic E-state index is -0.842. The van der Waals surface area contributed by atoms with Gasteiger partial charge in [0.1, 0.15) is 5.71 Å². The van der Waals surface area contributed by atoms with Crippen molar-refractivity contribution in [2.75, 3.05) is 7.05 Å². The predicted molar refractivity (Wildman–Crippen MR) is 154 cm³/mol. The molecule has 5 rings (SSSR count). The van der Waals surface area contributed by atoms with Gasteiger partial charge in [-0.3, -0.25) is 9.59 Å². The average Bonchev–Trinajstić information content (AvgIpc) is 2.98. The topological polar surface area (TPSA) is 109 Å². The van der Waals surface area contributed by atoms with Crippen LogP contribution in [0.15, 0.2) is 84.0 Å². The highest BCUT2D eigenvalue weighted by Crippen LogP contribution is 2.42. The van der Waals surface area contributed by atoms with Crippen molar-refractivity contribution in [3.8, 4) is 22.3 Å². The van der Waals surface area contributed by atoms with Crippen LogP contribution in [-0.4, -0.2) is 42.3 Å². The first kappa shape index (κ1) is 27.1. The van der Waals surface area contributed by atoms with Gasteiger partial charge in [0.05, 0.1) is 0 Å². The van der Waals surface area contributed by atoms with Crippen molar-refractivity contribution >= 4 is 23.6 Å². The van der Waals surface area contributed by atoms with E-state index in [1.165, 1.54) is 7.05 Å². The summed E-state index contributed by atoms with van der Waals surface area (Å²) in [5.74, 6) is -0.963. The fourth-order valence-corrected chi connectivity index (χ4v) is 5.86. The van der Waals surface area contributed by atoms with E-state index in [1.54, 1.807) is 0 Å². The highest BCUT2D eigenvalue weighted by atomic mass is 16.6. The van der Waals surface area contributed by atoms with Crippen molar-refractivity contribution in [2.24, 2.45) is 11.0 Å². The number of ether oxygens (including phenoxy) is 1.